The van der Waals surface area contributed by atoms with Gasteiger partial charge >= 0.3 is 19.8 Å². The first-order valence-electron chi connectivity index (χ1n) is 23.5. The van der Waals surface area contributed by atoms with Gasteiger partial charge in [-0.1, -0.05) is 213 Å². The minimum absolute atomic E-state index is 0.197. The number of phosphoric ester groups is 1. The normalized spacial score (nSPS) is 13.7. The molecule has 10 nitrogen and oxygen atoms in total. The molecule has 0 radical (unpaired) electrons. The van der Waals surface area contributed by atoms with E-state index in [1.165, 1.54) is 161 Å². The molecule has 0 saturated carbocycles. The Morgan fingerprint density at radius 1 is 0.411 bits per heavy atom. The van der Waals surface area contributed by atoms with E-state index in [9.17, 15) is 29.3 Å². The zero-order valence-corrected chi connectivity index (χ0v) is 37.3. The van der Waals surface area contributed by atoms with Gasteiger partial charge in [0.15, 0.2) is 0 Å². The van der Waals surface area contributed by atoms with Crippen molar-refractivity contribution < 1.29 is 47.8 Å². The number of unbranched alkanes of at least 4 members (excludes halogenated alkanes) is 31. The van der Waals surface area contributed by atoms with Gasteiger partial charge in [-0.2, -0.15) is 0 Å². The van der Waals surface area contributed by atoms with Crippen molar-refractivity contribution >= 4 is 19.8 Å². The van der Waals surface area contributed by atoms with E-state index in [1.54, 1.807) is 0 Å². The smallest absolute Gasteiger partial charge is 0.457 e. The van der Waals surface area contributed by atoms with Crippen molar-refractivity contribution in [2.24, 2.45) is 0 Å². The number of hydrogen-bond donors (Lipinski definition) is 3. The van der Waals surface area contributed by atoms with Crippen LogP contribution in [0.5, 0.6) is 0 Å². The minimum atomic E-state index is -4.62. The molecule has 0 aliphatic carbocycles. The molecule has 0 spiro atoms. The third-order valence-electron chi connectivity index (χ3n) is 10.6. The molecule has 11 heteroatoms. The fraction of sp³-hybridized carbons (Fsp3) is 0.956. The highest BCUT2D eigenvalue weighted by atomic mass is 31.2. The van der Waals surface area contributed by atoms with Gasteiger partial charge in [-0.25, -0.2) is 4.57 Å². The molecule has 0 rings (SSSR count). The summed E-state index contributed by atoms with van der Waals surface area (Å²) < 4.78 is 32.5. The molecule has 3 atom stereocenters. The lowest BCUT2D eigenvalue weighted by Crippen LogP contribution is -2.28. The zero-order valence-electron chi connectivity index (χ0n) is 36.4. The van der Waals surface area contributed by atoms with Crippen molar-refractivity contribution in [3.8, 4) is 0 Å². The van der Waals surface area contributed by atoms with E-state index in [2.05, 4.69) is 13.8 Å². The molecule has 0 bridgehead atoms. The van der Waals surface area contributed by atoms with Crippen LogP contribution in [0.2, 0.25) is 0 Å². The number of phosphoric acid groups is 1. The molecule has 0 aliphatic heterocycles. The van der Waals surface area contributed by atoms with E-state index >= 15 is 0 Å². The summed E-state index contributed by atoms with van der Waals surface area (Å²) in [5.74, 6) is -1.01. The third kappa shape index (κ3) is 39.8. The summed E-state index contributed by atoms with van der Waals surface area (Å²) in [4.78, 5) is 34.4. The van der Waals surface area contributed by atoms with Crippen LogP contribution in [-0.2, 0) is 32.7 Å². The van der Waals surface area contributed by atoms with Crippen LogP contribution < -0.4 is 0 Å². The number of esters is 2. The fourth-order valence-electron chi connectivity index (χ4n) is 6.94. The summed E-state index contributed by atoms with van der Waals surface area (Å²) in [6, 6.07) is 0. The van der Waals surface area contributed by atoms with Gasteiger partial charge in [-0.3, -0.25) is 18.6 Å². The van der Waals surface area contributed by atoms with Crippen molar-refractivity contribution in [3.63, 3.8) is 0 Å². The van der Waals surface area contributed by atoms with Crippen LogP contribution in [0.25, 0.3) is 0 Å². The Kier molecular flexibility index (Phi) is 41.3. The maximum Gasteiger partial charge on any atom is 0.472 e. The van der Waals surface area contributed by atoms with E-state index in [0.717, 1.165) is 38.5 Å². The maximum absolute atomic E-state index is 12.3. The standard InChI is InChI=1S/C45H89O10P/c1-3-5-7-9-11-13-14-15-16-17-18-19-20-21-22-23-24-25-26-27-29-31-33-35-37-45(49)55-43(39-47)41-53-56(50,51)52-40-42(38-46)54-44(48)36-34-32-30-28-12-10-8-6-4-2/h42-43,46-47H,3-41H2,1-2H3,(H,50,51). The van der Waals surface area contributed by atoms with E-state index in [1.807, 2.05) is 0 Å². The molecule has 0 heterocycles. The number of hydrogen-bond acceptors (Lipinski definition) is 9. The van der Waals surface area contributed by atoms with Crippen molar-refractivity contribution in [2.75, 3.05) is 26.4 Å². The van der Waals surface area contributed by atoms with E-state index in [4.69, 9.17) is 18.5 Å². The van der Waals surface area contributed by atoms with Crippen molar-refractivity contribution in [3.05, 3.63) is 0 Å². The Labute approximate surface area is 344 Å². The summed E-state index contributed by atoms with van der Waals surface area (Å²) in [6.45, 7) is 2.22. The van der Waals surface area contributed by atoms with E-state index < -0.39 is 58.4 Å². The van der Waals surface area contributed by atoms with Crippen LogP contribution in [0.1, 0.15) is 239 Å². The van der Waals surface area contributed by atoms with E-state index in [-0.39, 0.29) is 12.8 Å². The number of aliphatic hydroxyl groups excluding tert-OH is 2. The van der Waals surface area contributed by atoms with Gasteiger partial charge in [-0.15, -0.1) is 0 Å². The second-order valence-electron chi connectivity index (χ2n) is 16.1. The summed E-state index contributed by atoms with van der Waals surface area (Å²) in [6.07, 6.45) is 39.6. The summed E-state index contributed by atoms with van der Waals surface area (Å²) in [5.41, 5.74) is 0. The first kappa shape index (κ1) is 55.0. The monoisotopic (exact) mass is 821 g/mol. The third-order valence-corrected chi connectivity index (χ3v) is 11.5. The maximum atomic E-state index is 12.3. The highest BCUT2D eigenvalue weighted by molar-refractivity contribution is 7.47. The number of carbonyl (C=O) groups excluding carboxylic acids is 2. The Morgan fingerprint density at radius 3 is 0.839 bits per heavy atom. The molecule has 3 N–H and O–H groups in total. The van der Waals surface area contributed by atoms with Crippen LogP contribution in [0, 0.1) is 0 Å². The molecule has 0 aliphatic rings. The number of carbonyl (C=O) groups is 2. The SMILES string of the molecule is CCCCCCCCCCCCCCCCCCCCCCCCCCC(=O)OC(CO)COP(=O)(O)OCC(CO)OC(=O)CCCCCCCCCCC. The van der Waals surface area contributed by atoms with Gasteiger partial charge in [0.05, 0.1) is 26.4 Å². The second kappa shape index (κ2) is 42.1. The summed E-state index contributed by atoms with van der Waals surface area (Å²) in [7, 11) is -4.62. The molecule has 334 valence electrons. The van der Waals surface area contributed by atoms with Gasteiger partial charge < -0.3 is 24.6 Å². The molecular weight excluding hydrogens is 731 g/mol. The van der Waals surface area contributed by atoms with Gasteiger partial charge in [0.1, 0.15) is 12.2 Å². The molecule has 0 amide bonds. The van der Waals surface area contributed by atoms with Crippen LogP contribution in [0.4, 0.5) is 0 Å². The molecule has 3 unspecified atom stereocenters. The van der Waals surface area contributed by atoms with Crippen molar-refractivity contribution in [1.82, 2.24) is 0 Å². The Balaban J connectivity index is 3.74. The average Bonchev–Trinajstić information content (AvgIpc) is 3.19. The quantitative estimate of drug-likeness (QED) is 0.0308. The van der Waals surface area contributed by atoms with Crippen molar-refractivity contribution in [1.29, 1.82) is 0 Å². The van der Waals surface area contributed by atoms with Gasteiger partial charge in [-0.05, 0) is 12.8 Å². The van der Waals surface area contributed by atoms with Crippen LogP contribution in [0.3, 0.4) is 0 Å². The first-order chi connectivity index (χ1) is 27.3. The second-order valence-corrected chi connectivity index (χ2v) is 17.6. The topological polar surface area (TPSA) is 149 Å². The Hall–Kier alpha value is -1.03. The van der Waals surface area contributed by atoms with Gasteiger partial charge in [0, 0.05) is 12.8 Å². The fourth-order valence-corrected chi connectivity index (χ4v) is 7.73. The molecule has 0 aromatic rings. The highest BCUT2D eigenvalue weighted by Crippen LogP contribution is 2.43. The predicted molar refractivity (Wildman–Crippen MR) is 229 cm³/mol. The lowest BCUT2D eigenvalue weighted by atomic mass is 10.0. The number of rotatable bonds is 45. The average molecular weight is 821 g/mol. The molecule has 0 aromatic carbocycles. The van der Waals surface area contributed by atoms with Crippen molar-refractivity contribution in [2.45, 2.75) is 251 Å². The predicted octanol–water partition coefficient (Wildman–Crippen LogP) is 12.6. The lowest BCUT2D eigenvalue weighted by molar-refractivity contribution is -0.153. The molecule has 0 aromatic heterocycles. The zero-order chi connectivity index (χ0) is 41.2. The molecular formula is C45H89O10P. The van der Waals surface area contributed by atoms with Crippen LogP contribution in [0.15, 0.2) is 0 Å². The van der Waals surface area contributed by atoms with Crippen LogP contribution >= 0.6 is 7.82 Å². The molecule has 56 heavy (non-hydrogen) atoms. The van der Waals surface area contributed by atoms with Crippen LogP contribution in [-0.4, -0.2) is 65.7 Å². The summed E-state index contributed by atoms with van der Waals surface area (Å²) in [5, 5.41) is 19.1. The Morgan fingerprint density at radius 2 is 0.625 bits per heavy atom. The highest BCUT2D eigenvalue weighted by Gasteiger charge is 2.27. The van der Waals surface area contributed by atoms with Gasteiger partial charge in [0.2, 0.25) is 0 Å². The number of aliphatic hydroxyl groups is 2. The molecule has 0 saturated heterocycles. The Bertz CT molecular complexity index is 904. The largest absolute Gasteiger partial charge is 0.472 e. The molecule has 0 fully saturated rings. The first-order valence-corrected chi connectivity index (χ1v) is 25.0. The lowest BCUT2D eigenvalue weighted by Gasteiger charge is -2.20. The minimum Gasteiger partial charge on any atom is -0.457 e. The van der Waals surface area contributed by atoms with E-state index in [0.29, 0.717) is 12.8 Å². The summed E-state index contributed by atoms with van der Waals surface area (Å²) >= 11 is 0. The van der Waals surface area contributed by atoms with Gasteiger partial charge in [0.25, 0.3) is 0 Å². The number of ether oxygens (including phenoxy) is 2.